The highest BCUT2D eigenvalue weighted by atomic mass is 16.5. The molecule has 0 spiro atoms. The lowest BCUT2D eigenvalue weighted by molar-refractivity contribution is -0.116. The third kappa shape index (κ3) is 3.60. The number of amides is 1. The lowest BCUT2D eigenvalue weighted by Crippen LogP contribution is -2.16. The first kappa shape index (κ1) is 18.4. The molecule has 1 aromatic carbocycles. The molecule has 3 aromatic rings. The normalized spacial score (nSPS) is 10.6. The molecule has 2 heterocycles. The summed E-state index contributed by atoms with van der Waals surface area (Å²) in [7, 11) is 1.60. The van der Waals surface area contributed by atoms with Gasteiger partial charge in [0.25, 0.3) is 0 Å². The number of pyridine rings is 1. The maximum atomic E-state index is 12.2. The van der Waals surface area contributed by atoms with Gasteiger partial charge in [-0.15, -0.1) is 0 Å². The summed E-state index contributed by atoms with van der Waals surface area (Å²) in [6.45, 7) is 3.99. The number of carbonyl (C=O) groups excluding carboxylic acids is 1. The van der Waals surface area contributed by atoms with Gasteiger partial charge in [-0.25, -0.2) is 4.98 Å². The molecule has 0 aliphatic rings. The third-order valence-electron chi connectivity index (χ3n) is 4.34. The second kappa shape index (κ2) is 7.87. The van der Waals surface area contributed by atoms with Gasteiger partial charge in [0.05, 0.1) is 13.3 Å². The summed E-state index contributed by atoms with van der Waals surface area (Å²) in [6, 6.07) is 9.67. The molecule has 1 N–H and O–H groups in total. The van der Waals surface area contributed by atoms with E-state index in [-0.39, 0.29) is 5.91 Å². The van der Waals surface area contributed by atoms with Crippen molar-refractivity contribution in [2.24, 2.45) is 0 Å². The molecule has 0 unspecified atom stereocenters. The minimum atomic E-state index is -0.148. The molecule has 0 radical (unpaired) electrons. The minimum absolute atomic E-state index is 0.148. The van der Waals surface area contributed by atoms with E-state index >= 15 is 0 Å². The number of hydrogen-bond donors (Lipinski definition) is 1. The number of benzene rings is 1. The number of hydrogen-bond acceptors (Lipinski definition) is 5. The smallest absolute Gasteiger partial charge is 0.225 e. The lowest BCUT2D eigenvalue weighted by Gasteiger charge is -2.12. The first-order valence-electron chi connectivity index (χ1n) is 8.81. The molecule has 138 valence electrons. The average Bonchev–Trinajstić information content (AvgIpc) is 3.08. The molecule has 0 aliphatic heterocycles. The van der Waals surface area contributed by atoms with Gasteiger partial charge in [-0.1, -0.05) is 25.5 Å². The van der Waals surface area contributed by atoms with Crippen molar-refractivity contribution >= 4 is 22.6 Å². The molecule has 7 heteroatoms. The van der Waals surface area contributed by atoms with Crippen LogP contribution in [0.1, 0.15) is 37.3 Å². The molecule has 3 rings (SSSR count). The van der Waals surface area contributed by atoms with Crippen LogP contribution in [0.2, 0.25) is 0 Å². The van der Waals surface area contributed by atoms with Crippen molar-refractivity contribution in [1.82, 2.24) is 14.8 Å². The van der Waals surface area contributed by atoms with E-state index in [1.54, 1.807) is 7.11 Å². The molecule has 0 aliphatic carbocycles. The molecule has 0 saturated heterocycles. The van der Waals surface area contributed by atoms with E-state index in [1.807, 2.05) is 38.1 Å². The highest BCUT2D eigenvalue weighted by Crippen LogP contribution is 2.29. The summed E-state index contributed by atoms with van der Waals surface area (Å²) in [5.74, 6) is 1.35. The SMILES string of the molecule is CCCCC(=O)Nc1c(C#N)cnn1-c1cc(C)c2cccc(OC)c2n1. The van der Waals surface area contributed by atoms with Gasteiger partial charge in [-0.05, 0) is 31.0 Å². The van der Waals surface area contributed by atoms with E-state index in [0.29, 0.717) is 34.9 Å². The van der Waals surface area contributed by atoms with Gasteiger partial charge < -0.3 is 10.1 Å². The van der Waals surface area contributed by atoms with Crippen LogP contribution in [0.4, 0.5) is 5.82 Å². The van der Waals surface area contributed by atoms with Gasteiger partial charge in [0.2, 0.25) is 5.91 Å². The van der Waals surface area contributed by atoms with Crippen LogP contribution >= 0.6 is 0 Å². The zero-order valence-electron chi connectivity index (χ0n) is 15.6. The van der Waals surface area contributed by atoms with Crippen molar-refractivity contribution in [3.63, 3.8) is 0 Å². The van der Waals surface area contributed by atoms with Crippen molar-refractivity contribution in [1.29, 1.82) is 5.26 Å². The Balaban J connectivity index is 2.10. The topological polar surface area (TPSA) is 92.8 Å². The largest absolute Gasteiger partial charge is 0.494 e. The zero-order chi connectivity index (χ0) is 19.4. The number of nitrogens with zero attached hydrogens (tertiary/aromatic N) is 4. The molecule has 0 bridgehead atoms. The molecule has 0 fully saturated rings. The Morgan fingerprint density at radius 2 is 2.22 bits per heavy atom. The van der Waals surface area contributed by atoms with Gasteiger partial charge in [-0.3, -0.25) is 4.79 Å². The number of nitrogens with one attached hydrogen (secondary N) is 1. The van der Waals surface area contributed by atoms with Gasteiger partial charge in [0.15, 0.2) is 11.6 Å². The van der Waals surface area contributed by atoms with E-state index in [9.17, 15) is 10.1 Å². The highest BCUT2D eigenvalue weighted by molar-refractivity contribution is 5.92. The van der Waals surface area contributed by atoms with E-state index < -0.39 is 0 Å². The fraction of sp³-hybridized carbons (Fsp3) is 0.300. The molecule has 7 nitrogen and oxygen atoms in total. The average molecular weight is 363 g/mol. The van der Waals surface area contributed by atoms with Gasteiger partial charge >= 0.3 is 0 Å². The summed E-state index contributed by atoms with van der Waals surface area (Å²) in [6.07, 6.45) is 3.53. The first-order chi connectivity index (χ1) is 13.1. The van der Waals surface area contributed by atoms with Crippen LogP contribution in [0.3, 0.4) is 0 Å². The number of para-hydroxylation sites is 1. The number of methoxy groups -OCH3 is 1. The van der Waals surface area contributed by atoms with Crippen LogP contribution in [-0.4, -0.2) is 27.8 Å². The molecule has 1 amide bonds. The van der Waals surface area contributed by atoms with Gasteiger partial charge in [-0.2, -0.15) is 15.0 Å². The Hall–Kier alpha value is -3.40. The Morgan fingerprint density at radius 3 is 2.93 bits per heavy atom. The Labute approximate surface area is 157 Å². The van der Waals surface area contributed by atoms with Gasteiger partial charge in [0, 0.05) is 11.8 Å². The number of aryl methyl sites for hydroxylation is 1. The number of aromatic nitrogens is 3. The lowest BCUT2D eigenvalue weighted by atomic mass is 10.1. The zero-order valence-corrected chi connectivity index (χ0v) is 15.6. The monoisotopic (exact) mass is 363 g/mol. The van der Waals surface area contributed by atoms with E-state index in [2.05, 4.69) is 21.5 Å². The molecule has 2 aromatic heterocycles. The Morgan fingerprint density at radius 1 is 1.41 bits per heavy atom. The Kier molecular flexibility index (Phi) is 5.36. The van der Waals surface area contributed by atoms with Crippen LogP contribution in [0.5, 0.6) is 5.75 Å². The van der Waals surface area contributed by atoms with Crippen molar-refractivity contribution in [2.45, 2.75) is 33.1 Å². The van der Waals surface area contributed by atoms with Crippen LogP contribution in [0.25, 0.3) is 16.7 Å². The highest BCUT2D eigenvalue weighted by Gasteiger charge is 2.17. The summed E-state index contributed by atoms with van der Waals surface area (Å²) >= 11 is 0. The predicted molar refractivity (Wildman–Crippen MR) is 103 cm³/mol. The summed E-state index contributed by atoms with van der Waals surface area (Å²) in [5.41, 5.74) is 1.98. The number of carbonyl (C=O) groups is 1. The van der Waals surface area contributed by atoms with Crippen LogP contribution < -0.4 is 10.1 Å². The quantitative estimate of drug-likeness (QED) is 0.720. The Bertz CT molecular complexity index is 1030. The fourth-order valence-corrected chi connectivity index (χ4v) is 2.90. The summed E-state index contributed by atoms with van der Waals surface area (Å²) < 4.78 is 6.91. The molecular weight excluding hydrogens is 342 g/mol. The van der Waals surface area contributed by atoms with E-state index in [1.165, 1.54) is 10.9 Å². The van der Waals surface area contributed by atoms with Crippen molar-refractivity contribution < 1.29 is 9.53 Å². The summed E-state index contributed by atoms with van der Waals surface area (Å²) in [4.78, 5) is 16.9. The first-order valence-corrected chi connectivity index (χ1v) is 8.81. The number of anilines is 1. The molecular formula is C20H21N5O2. The number of unbranched alkanes of at least 4 members (excludes halogenated alkanes) is 1. The minimum Gasteiger partial charge on any atom is -0.494 e. The maximum Gasteiger partial charge on any atom is 0.225 e. The van der Waals surface area contributed by atoms with Crippen molar-refractivity contribution in [2.75, 3.05) is 12.4 Å². The second-order valence-electron chi connectivity index (χ2n) is 6.24. The third-order valence-corrected chi connectivity index (χ3v) is 4.34. The molecule has 27 heavy (non-hydrogen) atoms. The maximum absolute atomic E-state index is 12.2. The van der Waals surface area contributed by atoms with Crippen LogP contribution in [0, 0.1) is 18.3 Å². The standard InChI is InChI=1S/C20H21N5O2/c1-4-5-9-18(26)24-20-14(11-21)12-22-25(20)17-10-13(2)15-7-6-8-16(27-3)19(15)23-17/h6-8,10,12H,4-5,9H2,1-3H3,(H,24,26). The van der Waals surface area contributed by atoms with Crippen LogP contribution in [0.15, 0.2) is 30.5 Å². The number of nitriles is 1. The summed E-state index contributed by atoms with van der Waals surface area (Å²) in [5, 5.41) is 17.4. The molecule has 0 atom stereocenters. The van der Waals surface area contributed by atoms with E-state index in [4.69, 9.17) is 4.74 Å². The van der Waals surface area contributed by atoms with Crippen molar-refractivity contribution in [3.8, 4) is 17.6 Å². The number of ether oxygens (including phenoxy) is 1. The number of rotatable bonds is 6. The van der Waals surface area contributed by atoms with Crippen LogP contribution in [-0.2, 0) is 4.79 Å². The number of fused-ring (bicyclic) bond motifs is 1. The van der Waals surface area contributed by atoms with Crippen molar-refractivity contribution in [3.05, 3.63) is 41.6 Å². The van der Waals surface area contributed by atoms with Gasteiger partial charge in [0.1, 0.15) is 22.9 Å². The second-order valence-corrected chi connectivity index (χ2v) is 6.24. The molecule has 0 saturated carbocycles. The fourth-order valence-electron chi connectivity index (χ4n) is 2.90. The predicted octanol–water partition coefficient (Wildman–Crippen LogP) is 3.74. The van der Waals surface area contributed by atoms with E-state index in [0.717, 1.165) is 23.8 Å².